The SMILES string of the molecule is Cc1cc(COc2ccc(C(=O)N[C@@H]3COc4cccc(-c5ccncc5)c4C3)cn2)no1. The lowest BCUT2D eigenvalue weighted by Crippen LogP contribution is -2.42. The summed E-state index contributed by atoms with van der Waals surface area (Å²) in [5.74, 6) is 1.76. The zero-order valence-electron chi connectivity index (χ0n) is 18.0. The van der Waals surface area contributed by atoms with E-state index in [2.05, 4.69) is 26.5 Å². The number of aryl methyl sites for hydroxylation is 1. The Morgan fingerprint density at radius 2 is 2.06 bits per heavy atom. The average molecular weight is 442 g/mol. The molecule has 1 aromatic carbocycles. The standard InChI is InChI=1S/C25H22N4O4/c1-16-11-20(29-33-16)15-32-24-6-5-18(13-27-24)25(30)28-19-12-22-21(17-7-9-26-10-8-17)3-2-4-23(22)31-14-19/h2-11,13,19H,12,14-15H2,1H3,(H,28,30)/t19-/m0/s1. The number of aromatic nitrogens is 3. The van der Waals surface area contributed by atoms with Crippen LogP contribution in [-0.2, 0) is 13.0 Å². The number of hydrogen-bond acceptors (Lipinski definition) is 7. The van der Waals surface area contributed by atoms with E-state index in [1.807, 2.05) is 31.2 Å². The lowest BCUT2D eigenvalue weighted by atomic mass is 9.93. The zero-order valence-corrected chi connectivity index (χ0v) is 18.0. The van der Waals surface area contributed by atoms with Crippen molar-refractivity contribution in [3.63, 3.8) is 0 Å². The lowest BCUT2D eigenvalue weighted by Gasteiger charge is -2.28. The Morgan fingerprint density at radius 3 is 2.82 bits per heavy atom. The second kappa shape index (κ2) is 9.12. The van der Waals surface area contributed by atoms with E-state index in [1.165, 1.54) is 6.20 Å². The smallest absolute Gasteiger partial charge is 0.253 e. The fourth-order valence-electron chi connectivity index (χ4n) is 3.80. The first-order chi connectivity index (χ1) is 16.2. The molecule has 5 rings (SSSR count). The van der Waals surface area contributed by atoms with Crippen molar-refractivity contribution < 1.29 is 18.8 Å². The van der Waals surface area contributed by atoms with Gasteiger partial charge in [0.1, 0.15) is 30.4 Å². The summed E-state index contributed by atoms with van der Waals surface area (Å²) < 4.78 is 16.6. The van der Waals surface area contributed by atoms with Crippen molar-refractivity contribution in [3.8, 4) is 22.8 Å². The molecule has 1 aliphatic heterocycles. The molecule has 0 saturated carbocycles. The van der Waals surface area contributed by atoms with Crippen molar-refractivity contribution in [2.24, 2.45) is 0 Å². The van der Waals surface area contributed by atoms with E-state index in [9.17, 15) is 4.79 Å². The predicted molar refractivity (Wildman–Crippen MR) is 120 cm³/mol. The Balaban J connectivity index is 1.23. The van der Waals surface area contributed by atoms with E-state index >= 15 is 0 Å². The first-order valence-electron chi connectivity index (χ1n) is 10.6. The highest BCUT2D eigenvalue weighted by Crippen LogP contribution is 2.34. The molecular weight excluding hydrogens is 420 g/mol. The topological polar surface area (TPSA) is 99.4 Å². The summed E-state index contributed by atoms with van der Waals surface area (Å²) in [5.41, 5.74) is 4.36. The second-order valence-corrected chi connectivity index (χ2v) is 7.81. The van der Waals surface area contributed by atoms with Gasteiger partial charge in [0.25, 0.3) is 5.91 Å². The summed E-state index contributed by atoms with van der Waals surface area (Å²) in [6.45, 7) is 2.47. The number of amides is 1. The van der Waals surface area contributed by atoms with Gasteiger partial charge in [-0.05, 0) is 42.3 Å². The Morgan fingerprint density at radius 1 is 1.18 bits per heavy atom. The number of benzene rings is 1. The first kappa shape index (κ1) is 20.7. The van der Waals surface area contributed by atoms with Gasteiger partial charge >= 0.3 is 0 Å². The van der Waals surface area contributed by atoms with E-state index in [4.69, 9.17) is 14.0 Å². The Labute approximate surface area is 190 Å². The molecule has 0 aliphatic carbocycles. The first-order valence-corrected chi connectivity index (χ1v) is 10.6. The Kier molecular flexibility index (Phi) is 5.72. The van der Waals surface area contributed by atoms with E-state index in [1.54, 1.807) is 30.6 Å². The number of pyridine rings is 2. The summed E-state index contributed by atoms with van der Waals surface area (Å²) in [6.07, 6.45) is 5.71. The van der Waals surface area contributed by atoms with Crippen LogP contribution < -0.4 is 14.8 Å². The van der Waals surface area contributed by atoms with E-state index in [0.29, 0.717) is 30.2 Å². The molecule has 4 heterocycles. The van der Waals surface area contributed by atoms with Gasteiger partial charge in [0, 0.05) is 42.7 Å². The largest absolute Gasteiger partial charge is 0.491 e. The molecule has 0 radical (unpaired) electrons. The van der Waals surface area contributed by atoms with Crippen molar-refractivity contribution in [3.05, 3.63) is 89.7 Å². The van der Waals surface area contributed by atoms with Crippen LogP contribution in [0, 0.1) is 6.92 Å². The number of carbonyl (C=O) groups excluding carboxylic acids is 1. The average Bonchev–Trinajstić information content (AvgIpc) is 3.28. The summed E-state index contributed by atoms with van der Waals surface area (Å²) in [5, 5.41) is 6.93. The molecule has 0 bridgehead atoms. The van der Waals surface area contributed by atoms with Gasteiger partial charge in [0.05, 0.1) is 11.6 Å². The maximum atomic E-state index is 12.8. The fraction of sp³-hybridized carbons (Fsp3) is 0.200. The van der Waals surface area contributed by atoms with Crippen molar-refractivity contribution in [2.75, 3.05) is 6.61 Å². The number of nitrogens with one attached hydrogen (secondary N) is 1. The molecule has 1 aliphatic rings. The highest BCUT2D eigenvalue weighted by atomic mass is 16.5. The summed E-state index contributed by atoms with van der Waals surface area (Å²) >= 11 is 0. The van der Waals surface area contributed by atoms with Gasteiger partial charge in [0.15, 0.2) is 0 Å². The number of hydrogen-bond donors (Lipinski definition) is 1. The molecule has 0 fully saturated rings. The second-order valence-electron chi connectivity index (χ2n) is 7.81. The van der Waals surface area contributed by atoms with Gasteiger partial charge < -0.3 is 19.3 Å². The Bertz CT molecular complexity index is 1260. The number of fused-ring (bicyclic) bond motifs is 1. The highest BCUT2D eigenvalue weighted by Gasteiger charge is 2.24. The molecule has 4 aromatic rings. The van der Waals surface area contributed by atoms with Crippen LogP contribution in [0.3, 0.4) is 0 Å². The number of rotatable bonds is 6. The van der Waals surface area contributed by atoms with Crippen LogP contribution in [0.15, 0.2) is 71.6 Å². The van der Waals surface area contributed by atoms with E-state index in [0.717, 1.165) is 28.2 Å². The Hall–Kier alpha value is -4.20. The van der Waals surface area contributed by atoms with E-state index in [-0.39, 0.29) is 18.6 Å². The number of nitrogens with zero attached hydrogens (tertiary/aromatic N) is 3. The lowest BCUT2D eigenvalue weighted by molar-refractivity contribution is 0.0915. The fourth-order valence-corrected chi connectivity index (χ4v) is 3.80. The monoisotopic (exact) mass is 442 g/mol. The molecular formula is C25H22N4O4. The highest BCUT2D eigenvalue weighted by molar-refractivity contribution is 5.94. The molecule has 3 aromatic heterocycles. The third-order valence-electron chi connectivity index (χ3n) is 5.39. The maximum Gasteiger partial charge on any atom is 0.253 e. The van der Waals surface area contributed by atoms with E-state index < -0.39 is 0 Å². The van der Waals surface area contributed by atoms with Gasteiger partial charge in [-0.1, -0.05) is 17.3 Å². The van der Waals surface area contributed by atoms with Gasteiger partial charge in [0.2, 0.25) is 5.88 Å². The number of carbonyl (C=O) groups is 1. The van der Waals surface area contributed by atoms with Crippen LogP contribution in [0.5, 0.6) is 11.6 Å². The molecule has 0 spiro atoms. The van der Waals surface area contributed by atoms with Crippen LogP contribution in [-0.4, -0.2) is 33.7 Å². The van der Waals surface area contributed by atoms with Crippen LogP contribution in [0.4, 0.5) is 0 Å². The van der Waals surface area contributed by atoms with Gasteiger partial charge in [-0.25, -0.2) is 4.98 Å². The maximum absolute atomic E-state index is 12.8. The van der Waals surface area contributed by atoms with Gasteiger partial charge in [-0.15, -0.1) is 0 Å². The quantitative estimate of drug-likeness (QED) is 0.485. The zero-order chi connectivity index (χ0) is 22.6. The normalized spacial score (nSPS) is 14.8. The summed E-state index contributed by atoms with van der Waals surface area (Å²) in [6, 6.07) is 14.9. The van der Waals surface area contributed by atoms with Crippen LogP contribution >= 0.6 is 0 Å². The third kappa shape index (κ3) is 4.69. The number of ether oxygens (including phenoxy) is 2. The van der Waals surface area contributed by atoms with Crippen LogP contribution in [0.25, 0.3) is 11.1 Å². The molecule has 8 heteroatoms. The van der Waals surface area contributed by atoms with Crippen LogP contribution in [0.2, 0.25) is 0 Å². The minimum Gasteiger partial charge on any atom is -0.491 e. The van der Waals surface area contributed by atoms with Crippen molar-refractivity contribution in [1.29, 1.82) is 0 Å². The molecule has 1 atom stereocenters. The predicted octanol–water partition coefficient (Wildman–Crippen LogP) is 3.75. The molecule has 166 valence electrons. The van der Waals surface area contributed by atoms with Crippen molar-refractivity contribution >= 4 is 5.91 Å². The minimum atomic E-state index is -0.209. The van der Waals surface area contributed by atoms with Crippen molar-refractivity contribution in [2.45, 2.75) is 26.0 Å². The summed E-state index contributed by atoms with van der Waals surface area (Å²) in [4.78, 5) is 21.1. The molecule has 33 heavy (non-hydrogen) atoms. The molecule has 8 nitrogen and oxygen atoms in total. The van der Waals surface area contributed by atoms with Gasteiger partial charge in [-0.2, -0.15) is 0 Å². The molecule has 1 amide bonds. The summed E-state index contributed by atoms with van der Waals surface area (Å²) in [7, 11) is 0. The van der Waals surface area contributed by atoms with Crippen LogP contribution in [0.1, 0.15) is 27.4 Å². The molecule has 0 unspecified atom stereocenters. The third-order valence-corrected chi connectivity index (χ3v) is 5.39. The molecule has 0 saturated heterocycles. The van der Waals surface area contributed by atoms with Crippen molar-refractivity contribution in [1.82, 2.24) is 20.4 Å². The van der Waals surface area contributed by atoms with Gasteiger partial charge in [-0.3, -0.25) is 9.78 Å². The minimum absolute atomic E-state index is 0.153. The molecule has 1 N–H and O–H groups in total.